The molecule has 0 spiro atoms. The molecule has 0 N–H and O–H groups in total. The molecule has 0 amide bonds. The van der Waals surface area contributed by atoms with Gasteiger partial charge in [0, 0.05) is 0 Å². The molecule has 0 nitrogen and oxygen atoms in total. The summed E-state index contributed by atoms with van der Waals surface area (Å²) < 4.78 is 0. The van der Waals surface area contributed by atoms with Gasteiger partial charge in [0.25, 0.3) is 0 Å². The third-order valence-corrected chi connectivity index (χ3v) is 1.77. The van der Waals surface area contributed by atoms with Crippen LogP contribution in [0.4, 0.5) is 0 Å². The Morgan fingerprint density at radius 3 is 1.12 bits per heavy atom. The Labute approximate surface area is 126 Å². The van der Waals surface area contributed by atoms with E-state index in [-0.39, 0.29) is 15.0 Å². The molecule has 0 aliphatic carbocycles. The van der Waals surface area contributed by atoms with Gasteiger partial charge in [-0.3, -0.25) is 0 Å². The van der Waals surface area contributed by atoms with Crippen LogP contribution < -0.4 is 0 Å². The molecule has 17 heavy (non-hydrogen) atoms. The fourth-order valence-electron chi connectivity index (χ4n) is 0.940. The van der Waals surface area contributed by atoms with Gasteiger partial charge < -0.3 is 0 Å². The Morgan fingerprint density at radius 2 is 1.00 bits per heavy atom. The van der Waals surface area contributed by atoms with E-state index in [2.05, 4.69) is 52.3 Å². The van der Waals surface area contributed by atoms with Gasteiger partial charge in [0.05, 0.1) is 0 Å². The predicted molar refractivity (Wildman–Crippen MR) is 77.9 cm³/mol. The van der Waals surface area contributed by atoms with Crippen LogP contribution in [0, 0.1) is 26.0 Å². The third kappa shape index (κ3) is 12.4. The Hall–Kier alpha value is 0.114. The average molecular weight is 390 g/mol. The first kappa shape index (κ1) is 17.1. The molecular formula is C14H14Br2Ti-2. The van der Waals surface area contributed by atoms with Crippen molar-refractivity contribution in [1.82, 2.24) is 0 Å². The zero-order chi connectivity index (χ0) is 12.9. The van der Waals surface area contributed by atoms with E-state index in [9.17, 15) is 0 Å². The molecule has 0 fully saturated rings. The second-order valence-electron chi connectivity index (χ2n) is 3.23. The topological polar surface area (TPSA) is 0 Å². The number of halogens is 2. The summed E-state index contributed by atoms with van der Waals surface area (Å²) in [7, 11) is 0. The first-order chi connectivity index (χ1) is 8.20. The third-order valence-electron chi connectivity index (χ3n) is 1.77. The summed E-state index contributed by atoms with van der Waals surface area (Å²) in [6, 6.07) is 21.6. The molecule has 0 saturated carbocycles. The van der Waals surface area contributed by atoms with Gasteiger partial charge in [-0.25, -0.2) is 0 Å². The molecule has 0 atom stereocenters. The normalized spacial score (nSPS) is 8.00. The molecule has 0 saturated heterocycles. The summed E-state index contributed by atoms with van der Waals surface area (Å²) in [5.41, 5.74) is 2.58. The zero-order valence-corrected chi connectivity index (χ0v) is 14.6. The molecule has 0 aromatic heterocycles. The molecule has 0 bridgehead atoms. The first-order valence-electron chi connectivity index (χ1n) is 5.02. The average Bonchev–Trinajstić information content (AvgIpc) is 2.33. The van der Waals surface area contributed by atoms with E-state index in [1.165, 1.54) is 11.1 Å². The fraction of sp³-hybridized carbons (Fsp3) is 0.143. The second-order valence-corrected chi connectivity index (χ2v) is 11.1. The van der Waals surface area contributed by atoms with E-state index < -0.39 is 0 Å². The molecule has 0 radical (unpaired) electrons. The summed E-state index contributed by atoms with van der Waals surface area (Å²) >= 11 is 6.50. The van der Waals surface area contributed by atoms with Crippen LogP contribution in [0.1, 0.15) is 11.1 Å². The maximum absolute atomic E-state index is 3.19. The maximum atomic E-state index is 3.19. The van der Waals surface area contributed by atoms with Crippen molar-refractivity contribution in [3.8, 4) is 0 Å². The van der Waals surface area contributed by atoms with E-state index in [0.29, 0.717) is 0 Å². The van der Waals surface area contributed by atoms with Crippen molar-refractivity contribution in [3.05, 3.63) is 71.8 Å². The quantitative estimate of drug-likeness (QED) is 0.425. The van der Waals surface area contributed by atoms with Crippen LogP contribution in [0.2, 0.25) is 0 Å². The van der Waals surface area contributed by atoms with Gasteiger partial charge in [-0.1, -0.05) is 13.8 Å². The van der Waals surface area contributed by atoms with Gasteiger partial charge in [-0.05, 0) is 0 Å². The Bertz CT molecular complexity index is 325. The van der Waals surface area contributed by atoms with Gasteiger partial charge in [-0.15, -0.1) is 0 Å². The summed E-state index contributed by atoms with van der Waals surface area (Å²) in [5.74, 6) is 0. The minimum atomic E-state index is 0.125. The summed E-state index contributed by atoms with van der Waals surface area (Å²) in [6.07, 6.45) is 0. The van der Waals surface area contributed by atoms with Gasteiger partial charge >= 0.3 is 41.3 Å². The van der Waals surface area contributed by atoms with Crippen molar-refractivity contribution in [2.75, 3.05) is 0 Å². The predicted octanol–water partition coefficient (Wildman–Crippen LogP) is 5.28. The minimum absolute atomic E-state index is 0.125. The van der Waals surface area contributed by atoms with Gasteiger partial charge in [0.2, 0.25) is 0 Å². The summed E-state index contributed by atoms with van der Waals surface area (Å²) in [6.45, 7) is 4.13. The molecule has 3 heteroatoms. The molecule has 90 valence electrons. The molecule has 0 unspecified atom stereocenters. The van der Waals surface area contributed by atoms with E-state index in [4.69, 9.17) is 0 Å². The number of aryl methyl sites for hydroxylation is 2. The van der Waals surface area contributed by atoms with Crippen molar-refractivity contribution in [1.29, 1.82) is 0 Å². The van der Waals surface area contributed by atoms with Crippen LogP contribution in [0.25, 0.3) is 0 Å². The number of hydrogen-bond acceptors (Lipinski definition) is 0. The Kier molecular flexibility index (Phi) is 12.7. The molecule has 2 rings (SSSR count). The fourth-order valence-corrected chi connectivity index (χ4v) is 0.940. The molecule has 2 aromatic carbocycles. The van der Waals surface area contributed by atoms with Crippen molar-refractivity contribution in [2.24, 2.45) is 0 Å². The first-order valence-corrected chi connectivity index (χ1v) is 12.7. The van der Waals surface area contributed by atoms with E-state index >= 15 is 0 Å². The zero-order valence-electron chi connectivity index (χ0n) is 9.87. The van der Waals surface area contributed by atoms with Crippen LogP contribution in [-0.4, -0.2) is 0 Å². The number of benzene rings is 2. The van der Waals surface area contributed by atoms with Crippen LogP contribution in [-0.2, 0) is 15.0 Å². The van der Waals surface area contributed by atoms with Crippen LogP contribution >= 0.6 is 26.3 Å². The van der Waals surface area contributed by atoms with Crippen molar-refractivity contribution in [2.45, 2.75) is 13.8 Å². The second kappa shape index (κ2) is 12.6. The monoisotopic (exact) mass is 388 g/mol. The van der Waals surface area contributed by atoms with E-state index in [1.54, 1.807) is 0 Å². The van der Waals surface area contributed by atoms with Crippen molar-refractivity contribution in [3.63, 3.8) is 0 Å². The Balaban J connectivity index is 0.000000247. The molecule has 0 aliphatic rings. The summed E-state index contributed by atoms with van der Waals surface area (Å²) in [5, 5.41) is 0. The van der Waals surface area contributed by atoms with Crippen LogP contribution in [0.5, 0.6) is 0 Å². The van der Waals surface area contributed by atoms with Gasteiger partial charge in [-0.2, -0.15) is 71.8 Å². The standard InChI is InChI=1S/2C7H7.2BrH.Ti/c2*1-7-5-3-2-4-6-7;;;/h2*3-6H,1H3;2*1H;/q2*-1;;;+2/p-2. The van der Waals surface area contributed by atoms with Gasteiger partial charge in [0.15, 0.2) is 0 Å². The van der Waals surface area contributed by atoms with Crippen LogP contribution in [0.15, 0.2) is 48.5 Å². The number of hydrogen-bond donors (Lipinski definition) is 0. The summed E-state index contributed by atoms with van der Waals surface area (Å²) in [4.78, 5) is 0. The van der Waals surface area contributed by atoms with Gasteiger partial charge in [0.1, 0.15) is 0 Å². The Morgan fingerprint density at radius 1 is 0.765 bits per heavy atom. The van der Waals surface area contributed by atoms with Crippen molar-refractivity contribution >= 4 is 26.3 Å². The van der Waals surface area contributed by atoms with Crippen molar-refractivity contribution < 1.29 is 15.0 Å². The number of rotatable bonds is 0. The van der Waals surface area contributed by atoms with Crippen LogP contribution in [0.3, 0.4) is 0 Å². The molecule has 0 heterocycles. The SMILES string of the molecule is Cc1cc[c-]cc1.Cc1cc[c-]cc1.[Br][Ti][Br]. The van der Waals surface area contributed by atoms with E-state index in [1.807, 2.05) is 48.5 Å². The molecule has 2 aromatic rings. The molecule has 0 aliphatic heterocycles. The molecular weight excluding hydrogens is 376 g/mol. The van der Waals surface area contributed by atoms with E-state index in [0.717, 1.165) is 0 Å².